The highest BCUT2D eigenvalue weighted by atomic mass is 127. The first-order chi connectivity index (χ1) is 12.4. The molecule has 154 valence electrons. The lowest BCUT2D eigenvalue weighted by Gasteiger charge is -2.30. The van der Waals surface area contributed by atoms with E-state index in [1.807, 2.05) is 31.2 Å². The van der Waals surface area contributed by atoms with Gasteiger partial charge in [0.05, 0.1) is 0 Å². The Morgan fingerprint density at radius 1 is 1.04 bits per heavy atom. The third-order valence-corrected chi connectivity index (χ3v) is 4.23. The predicted octanol–water partition coefficient (Wildman–Crippen LogP) is 2.84. The zero-order valence-corrected chi connectivity index (χ0v) is 19.8. The SMILES string of the molecule is CCNC(=O)c1ccc(CNC(=NC)NCCN(C(C)C)C(C)C)cc1.I. The van der Waals surface area contributed by atoms with Crippen molar-refractivity contribution in [3.63, 3.8) is 0 Å². The standard InChI is InChI=1S/C20H35N5O.HI/c1-7-22-19(26)18-10-8-17(9-11-18)14-24-20(21-6)23-12-13-25(15(2)3)16(4)5;/h8-11,15-16H,7,12-14H2,1-6H3,(H,22,26)(H2,21,23,24);1H. The van der Waals surface area contributed by atoms with Gasteiger partial charge in [-0.05, 0) is 52.3 Å². The van der Waals surface area contributed by atoms with E-state index in [4.69, 9.17) is 0 Å². The predicted molar refractivity (Wildman–Crippen MR) is 125 cm³/mol. The molecule has 0 aliphatic rings. The zero-order valence-electron chi connectivity index (χ0n) is 17.5. The lowest BCUT2D eigenvalue weighted by molar-refractivity contribution is 0.0956. The molecule has 0 saturated heterocycles. The molecule has 0 aliphatic carbocycles. The van der Waals surface area contributed by atoms with Crippen LogP contribution in [0.3, 0.4) is 0 Å². The Kier molecular flexibility index (Phi) is 13.1. The van der Waals surface area contributed by atoms with Crippen LogP contribution in [0.5, 0.6) is 0 Å². The van der Waals surface area contributed by atoms with Crippen LogP contribution in [0, 0.1) is 0 Å². The summed E-state index contributed by atoms with van der Waals surface area (Å²) in [5.74, 6) is 0.745. The van der Waals surface area contributed by atoms with E-state index >= 15 is 0 Å². The molecule has 1 rings (SSSR count). The zero-order chi connectivity index (χ0) is 19.5. The second kappa shape index (κ2) is 13.8. The molecule has 1 aromatic carbocycles. The number of carbonyl (C=O) groups is 1. The lowest BCUT2D eigenvalue weighted by atomic mass is 10.1. The lowest BCUT2D eigenvalue weighted by Crippen LogP contribution is -2.45. The van der Waals surface area contributed by atoms with Gasteiger partial charge in [-0.25, -0.2) is 0 Å². The van der Waals surface area contributed by atoms with Crippen LogP contribution in [0.1, 0.15) is 50.5 Å². The van der Waals surface area contributed by atoms with Gasteiger partial charge in [0, 0.05) is 50.9 Å². The number of nitrogens with one attached hydrogen (secondary N) is 3. The molecule has 0 aromatic heterocycles. The first kappa shape index (κ1) is 25.6. The Labute approximate surface area is 181 Å². The minimum absolute atomic E-state index is 0. The molecule has 6 nitrogen and oxygen atoms in total. The van der Waals surface area contributed by atoms with Gasteiger partial charge in [0.15, 0.2) is 5.96 Å². The fourth-order valence-corrected chi connectivity index (χ4v) is 2.86. The number of carbonyl (C=O) groups excluding carboxylic acids is 1. The van der Waals surface area contributed by atoms with E-state index in [1.54, 1.807) is 7.05 Å². The molecule has 0 heterocycles. The van der Waals surface area contributed by atoms with E-state index in [1.165, 1.54) is 0 Å². The van der Waals surface area contributed by atoms with E-state index in [-0.39, 0.29) is 29.9 Å². The number of aliphatic imine (C=N–C) groups is 1. The van der Waals surface area contributed by atoms with Crippen LogP contribution < -0.4 is 16.0 Å². The van der Waals surface area contributed by atoms with Crippen molar-refractivity contribution in [1.29, 1.82) is 0 Å². The third-order valence-electron chi connectivity index (χ3n) is 4.23. The molecule has 0 fully saturated rings. The highest BCUT2D eigenvalue weighted by molar-refractivity contribution is 14.0. The number of benzene rings is 1. The monoisotopic (exact) mass is 489 g/mol. The second-order valence-corrected chi connectivity index (χ2v) is 6.83. The van der Waals surface area contributed by atoms with Gasteiger partial charge in [0.2, 0.25) is 0 Å². The number of hydrogen-bond acceptors (Lipinski definition) is 3. The molecule has 0 unspecified atom stereocenters. The van der Waals surface area contributed by atoms with Crippen molar-refractivity contribution in [3.05, 3.63) is 35.4 Å². The van der Waals surface area contributed by atoms with Crippen LogP contribution >= 0.6 is 24.0 Å². The molecule has 0 bridgehead atoms. The Bertz CT molecular complexity index is 564. The van der Waals surface area contributed by atoms with Gasteiger partial charge in [-0.2, -0.15) is 0 Å². The summed E-state index contributed by atoms with van der Waals surface area (Å²) < 4.78 is 0. The highest BCUT2D eigenvalue weighted by Gasteiger charge is 2.12. The number of guanidine groups is 1. The van der Waals surface area contributed by atoms with Crippen molar-refractivity contribution in [3.8, 4) is 0 Å². The molecular formula is C20H36IN5O. The first-order valence-corrected chi connectivity index (χ1v) is 9.46. The van der Waals surface area contributed by atoms with Gasteiger partial charge in [-0.3, -0.25) is 14.7 Å². The summed E-state index contributed by atoms with van der Waals surface area (Å²) in [4.78, 5) is 18.5. The molecule has 0 spiro atoms. The normalized spacial score (nSPS) is 11.5. The van der Waals surface area contributed by atoms with Crippen LogP contribution in [-0.2, 0) is 6.54 Å². The van der Waals surface area contributed by atoms with Gasteiger partial charge in [-0.15, -0.1) is 24.0 Å². The maximum atomic E-state index is 11.8. The molecule has 0 saturated carbocycles. The second-order valence-electron chi connectivity index (χ2n) is 6.83. The topological polar surface area (TPSA) is 68.8 Å². The number of halogens is 1. The van der Waals surface area contributed by atoms with Crippen molar-refractivity contribution in [2.75, 3.05) is 26.7 Å². The van der Waals surface area contributed by atoms with Crippen molar-refractivity contribution >= 4 is 35.8 Å². The minimum atomic E-state index is -0.0376. The Hall–Kier alpha value is -1.35. The fourth-order valence-electron chi connectivity index (χ4n) is 2.86. The van der Waals surface area contributed by atoms with Crippen molar-refractivity contribution in [2.45, 2.75) is 53.2 Å². The Morgan fingerprint density at radius 2 is 1.63 bits per heavy atom. The largest absolute Gasteiger partial charge is 0.355 e. The first-order valence-electron chi connectivity index (χ1n) is 9.46. The maximum Gasteiger partial charge on any atom is 0.251 e. The van der Waals surface area contributed by atoms with Gasteiger partial charge in [0.1, 0.15) is 0 Å². The molecule has 0 atom stereocenters. The summed E-state index contributed by atoms with van der Waals surface area (Å²) >= 11 is 0. The number of nitrogens with zero attached hydrogens (tertiary/aromatic N) is 2. The molecule has 27 heavy (non-hydrogen) atoms. The van der Waals surface area contributed by atoms with E-state index < -0.39 is 0 Å². The number of amides is 1. The molecule has 1 amide bonds. The number of hydrogen-bond donors (Lipinski definition) is 3. The van der Waals surface area contributed by atoms with Gasteiger partial charge >= 0.3 is 0 Å². The molecule has 3 N–H and O–H groups in total. The average molecular weight is 489 g/mol. The summed E-state index contributed by atoms with van der Waals surface area (Å²) in [7, 11) is 1.77. The summed E-state index contributed by atoms with van der Waals surface area (Å²) in [6.07, 6.45) is 0. The van der Waals surface area contributed by atoms with Crippen LogP contribution in [0.2, 0.25) is 0 Å². The maximum absolute atomic E-state index is 11.8. The average Bonchev–Trinajstić information content (AvgIpc) is 2.61. The summed E-state index contributed by atoms with van der Waals surface area (Å²) in [5, 5.41) is 9.47. The molecule has 1 aromatic rings. The van der Waals surface area contributed by atoms with Crippen LogP contribution in [-0.4, -0.2) is 55.5 Å². The summed E-state index contributed by atoms with van der Waals surface area (Å²) in [5.41, 5.74) is 1.78. The van der Waals surface area contributed by atoms with Crippen molar-refractivity contribution < 1.29 is 4.79 Å². The van der Waals surface area contributed by atoms with Crippen LogP contribution in [0.25, 0.3) is 0 Å². The van der Waals surface area contributed by atoms with Crippen molar-refractivity contribution in [2.24, 2.45) is 4.99 Å². The van der Waals surface area contributed by atoms with E-state index in [0.717, 1.165) is 24.6 Å². The Morgan fingerprint density at radius 3 is 2.11 bits per heavy atom. The quantitative estimate of drug-likeness (QED) is 0.284. The van der Waals surface area contributed by atoms with Crippen LogP contribution in [0.15, 0.2) is 29.3 Å². The van der Waals surface area contributed by atoms with E-state index in [2.05, 4.69) is 53.5 Å². The van der Waals surface area contributed by atoms with E-state index in [9.17, 15) is 4.79 Å². The molecular weight excluding hydrogens is 453 g/mol. The van der Waals surface area contributed by atoms with Crippen molar-refractivity contribution in [1.82, 2.24) is 20.9 Å². The van der Waals surface area contributed by atoms with Crippen LogP contribution in [0.4, 0.5) is 0 Å². The molecule has 7 heteroatoms. The highest BCUT2D eigenvalue weighted by Crippen LogP contribution is 2.05. The fraction of sp³-hybridized carbons (Fsp3) is 0.600. The summed E-state index contributed by atoms with van der Waals surface area (Å²) in [6, 6.07) is 8.67. The van der Waals surface area contributed by atoms with Gasteiger partial charge in [0.25, 0.3) is 5.91 Å². The third kappa shape index (κ3) is 9.41. The smallest absolute Gasteiger partial charge is 0.251 e. The number of rotatable bonds is 9. The minimum Gasteiger partial charge on any atom is -0.355 e. The van der Waals surface area contributed by atoms with Gasteiger partial charge < -0.3 is 16.0 Å². The Balaban J connectivity index is 0.00000676. The van der Waals surface area contributed by atoms with Gasteiger partial charge in [-0.1, -0.05) is 12.1 Å². The summed E-state index contributed by atoms with van der Waals surface area (Å²) in [6.45, 7) is 13.9. The molecule has 0 aliphatic heterocycles. The molecule has 0 radical (unpaired) electrons. The van der Waals surface area contributed by atoms with E-state index in [0.29, 0.717) is 30.7 Å².